The van der Waals surface area contributed by atoms with Gasteiger partial charge in [0.2, 0.25) is 5.82 Å². The van der Waals surface area contributed by atoms with Crippen molar-refractivity contribution in [2.75, 3.05) is 18.1 Å². The van der Waals surface area contributed by atoms with Crippen LogP contribution in [0.3, 0.4) is 0 Å². The molecule has 2 aromatic carbocycles. The molecule has 1 aromatic heterocycles. The third-order valence-electron chi connectivity index (χ3n) is 7.12. The molecule has 1 fully saturated rings. The second kappa shape index (κ2) is 14.6. The zero-order valence-corrected chi connectivity index (χ0v) is 28.5. The number of hydrogen-bond acceptors (Lipinski definition) is 12. The lowest BCUT2D eigenvalue weighted by atomic mass is 10.2. The van der Waals surface area contributed by atoms with Crippen molar-refractivity contribution in [2.45, 2.75) is 74.6 Å². The first-order valence-electron chi connectivity index (χ1n) is 14.4. The highest BCUT2D eigenvalue weighted by molar-refractivity contribution is 7.91. The fourth-order valence-corrected chi connectivity index (χ4v) is 9.36. The predicted molar refractivity (Wildman–Crippen MR) is 167 cm³/mol. The van der Waals surface area contributed by atoms with E-state index >= 15 is 0 Å². The first-order chi connectivity index (χ1) is 21.9. The van der Waals surface area contributed by atoms with Crippen LogP contribution in [-0.4, -0.2) is 74.0 Å². The average Bonchev–Trinajstić information content (AvgIpc) is 3.33. The van der Waals surface area contributed by atoms with Crippen molar-refractivity contribution in [3.05, 3.63) is 92.5 Å². The van der Waals surface area contributed by atoms with Gasteiger partial charge in [0.1, 0.15) is 12.3 Å². The van der Waals surface area contributed by atoms with Crippen LogP contribution in [0.25, 0.3) is 0 Å². The van der Waals surface area contributed by atoms with Gasteiger partial charge in [-0.15, -0.1) is 0 Å². The number of rotatable bonds is 14. The van der Waals surface area contributed by atoms with Crippen LogP contribution in [0.15, 0.2) is 74.1 Å². The third-order valence-corrected chi connectivity index (χ3v) is 12.6. The van der Waals surface area contributed by atoms with E-state index in [1.807, 2.05) is 0 Å². The fourth-order valence-electron chi connectivity index (χ4n) is 4.76. The van der Waals surface area contributed by atoms with Crippen LogP contribution in [0.1, 0.15) is 37.6 Å². The van der Waals surface area contributed by atoms with Crippen molar-refractivity contribution >= 4 is 27.5 Å². The molecular weight excluding hydrogens is 682 g/mol. The number of H-pyrrole nitrogens is 1. The third kappa shape index (κ3) is 9.54. The lowest BCUT2D eigenvalue weighted by Crippen LogP contribution is -2.34. The Morgan fingerprint density at radius 1 is 0.936 bits per heavy atom. The van der Waals surface area contributed by atoms with E-state index in [2.05, 4.69) is 0 Å². The van der Waals surface area contributed by atoms with Crippen molar-refractivity contribution < 1.29 is 49.2 Å². The number of phosphoric acid groups is 1. The number of benzene rings is 2. The summed E-state index contributed by atoms with van der Waals surface area (Å²) in [5, 5.41) is 10.6. The molecule has 0 amide bonds. The van der Waals surface area contributed by atoms with E-state index in [4.69, 9.17) is 18.3 Å². The molecule has 2 unspecified atom stereocenters. The summed E-state index contributed by atoms with van der Waals surface area (Å²) in [5.74, 6) is -2.56. The van der Waals surface area contributed by atoms with Crippen LogP contribution < -0.4 is 11.2 Å². The Hall–Kier alpha value is -3.02. The van der Waals surface area contributed by atoms with Gasteiger partial charge in [0.15, 0.2) is 19.7 Å². The molecule has 5 atom stereocenters. The van der Waals surface area contributed by atoms with Gasteiger partial charge in [0, 0.05) is 6.42 Å². The van der Waals surface area contributed by atoms with Gasteiger partial charge in [-0.2, -0.15) is 4.39 Å². The van der Waals surface area contributed by atoms with Crippen molar-refractivity contribution in [1.82, 2.24) is 9.55 Å². The number of hydrogen-bond donors (Lipinski definition) is 2. The molecule has 0 aliphatic carbocycles. The number of halogens is 1. The molecule has 18 heteroatoms. The zero-order chi connectivity index (χ0) is 34.7. The monoisotopic (exact) mass is 718 g/mol. The quantitative estimate of drug-likeness (QED) is 0.232. The Bertz CT molecular complexity index is 1860. The van der Waals surface area contributed by atoms with Crippen LogP contribution in [-0.2, 0) is 42.5 Å². The summed E-state index contributed by atoms with van der Waals surface area (Å²) < 4.78 is 103. The summed E-state index contributed by atoms with van der Waals surface area (Å²) in [6, 6.07) is 12.1. The van der Waals surface area contributed by atoms with E-state index in [-0.39, 0.29) is 16.2 Å². The maximum atomic E-state index is 14.0. The molecular formula is C29H36FN2O12PS2. The van der Waals surface area contributed by atoms with Crippen LogP contribution in [0.5, 0.6) is 0 Å². The number of aromatic amines is 1. The number of sulfone groups is 2. The van der Waals surface area contributed by atoms with Crippen LogP contribution in [0.2, 0.25) is 0 Å². The standard InChI is InChI=1S/C29H36FN2O12PS2/c1-18-5-9-22(10-6-18)46(37,38)16-20(3)43-45(36,44-21(4)17-47(39,40)23-11-7-19(2)8-12-23)41-15-26-25(33)13-27(42-26)32-14-24(30)28(34)31-29(32)35/h5-12,14,20-21,25-27,33H,13,15-17H2,1-4H3,(H,31,34,35)/t20?,21?,25-,26+,27+,45?/m0/s1. The molecule has 4 rings (SSSR count). The molecule has 0 saturated carbocycles. The lowest BCUT2D eigenvalue weighted by Gasteiger charge is -2.26. The minimum atomic E-state index is -4.79. The first-order valence-corrected chi connectivity index (χ1v) is 19.2. The largest absolute Gasteiger partial charge is 0.475 e. The number of aliphatic hydroxyl groups is 1. The minimum Gasteiger partial charge on any atom is -0.390 e. The topological polar surface area (TPSA) is 197 Å². The Balaban J connectivity index is 1.52. The average molecular weight is 719 g/mol. The molecule has 0 radical (unpaired) electrons. The van der Waals surface area contributed by atoms with Gasteiger partial charge in [-0.25, -0.2) is 26.2 Å². The zero-order valence-electron chi connectivity index (χ0n) is 25.9. The van der Waals surface area contributed by atoms with E-state index < -0.39 is 93.3 Å². The summed E-state index contributed by atoms with van der Waals surface area (Å²) >= 11 is 0. The van der Waals surface area contributed by atoms with Crippen LogP contribution >= 0.6 is 7.82 Å². The predicted octanol–water partition coefficient (Wildman–Crippen LogP) is 2.82. The second-order valence-electron chi connectivity index (χ2n) is 11.3. The summed E-state index contributed by atoms with van der Waals surface area (Å²) in [4.78, 5) is 25.4. The molecule has 258 valence electrons. The number of nitrogens with zero attached hydrogens (tertiary/aromatic N) is 1. The minimum absolute atomic E-state index is 0.00441. The summed E-state index contributed by atoms with van der Waals surface area (Å²) in [6.07, 6.45) is -6.08. The van der Waals surface area contributed by atoms with Gasteiger partial charge >= 0.3 is 13.5 Å². The Kier molecular flexibility index (Phi) is 11.4. The van der Waals surface area contributed by atoms with Crippen molar-refractivity contribution in [3.63, 3.8) is 0 Å². The highest BCUT2D eigenvalue weighted by atomic mass is 32.2. The van der Waals surface area contributed by atoms with E-state index in [1.54, 1.807) is 43.1 Å². The molecule has 0 bridgehead atoms. The number of aryl methyl sites for hydroxylation is 2. The van der Waals surface area contributed by atoms with Gasteiger partial charge < -0.3 is 9.84 Å². The smallest absolute Gasteiger partial charge is 0.390 e. The van der Waals surface area contributed by atoms with E-state index in [9.17, 15) is 40.5 Å². The molecule has 2 heterocycles. The van der Waals surface area contributed by atoms with Crippen molar-refractivity contribution in [1.29, 1.82) is 0 Å². The maximum absolute atomic E-state index is 14.0. The highest BCUT2D eigenvalue weighted by Gasteiger charge is 2.41. The first kappa shape index (κ1) is 36.8. The lowest BCUT2D eigenvalue weighted by molar-refractivity contribution is -0.0507. The number of aliphatic hydroxyl groups excluding tert-OH is 1. The molecule has 3 aromatic rings. The van der Waals surface area contributed by atoms with Crippen molar-refractivity contribution in [2.24, 2.45) is 0 Å². The molecule has 0 spiro atoms. The van der Waals surface area contributed by atoms with E-state index in [0.717, 1.165) is 15.7 Å². The molecule has 14 nitrogen and oxygen atoms in total. The second-order valence-corrected chi connectivity index (χ2v) is 17.0. The summed E-state index contributed by atoms with van der Waals surface area (Å²) in [7, 11) is -12.7. The highest BCUT2D eigenvalue weighted by Crippen LogP contribution is 2.52. The van der Waals surface area contributed by atoms with Gasteiger partial charge in [-0.3, -0.25) is 27.9 Å². The Labute approximate surface area is 270 Å². The number of aromatic nitrogens is 2. The SMILES string of the molecule is Cc1ccc(S(=O)(=O)CC(C)OP(=O)(OC[C@H]2O[C@@H](n3cc(F)c(=O)[nH]c3=O)C[C@@H]2O)OC(C)CS(=O)(=O)c2ccc(C)cc2)cc1. The maximum Gasteiger partial charge on any atom is 0.475 e. The summed E-state index contributed by atoms with van der Waals surface area (Å²) in [5.41, 5.74) is -0.567. The fraction of sp³-hybridized carbons (Fsp3) is 0.448. The van der Waals surface area contributed by atoms with Gasteiger partial charge in [0.25, 0.3) is 5.56 Å². The van der Waals surface area contributed by atoms with Crippen molar-refractivity contribution in [3.8, 4) is 0 Å². The molecule has 47 heavy (non-hydrogen) atoms. The van der Waals surface area contributed by atoms with E-state index in [0.29, 0.717) is 6.20 Å². The number of phosphoric ester groups is 1. The van der Waals surface area contributed by atoms with Gasteiger partial charge in [-0.1, -0.05) is 35.4 Å². The summed E-state index contributed by atoms with van der Waals surface area (Å²) in [6.45, 7) is 5.51. The Morgan fingerprint density at radius 2 is 1.40 bits per heavy atom. The van der Waals surface area contributed by atoms with E-state index in [1.165, 1.54) is 38.1 Å². The van der Waals surface area contributed by atoms with Gasteiger partial charge in [0.05, 0.1) is 52.4 Å². The molecule has 1 saturated heterocycles. The normalized spacial score (nSPS) is 21.3. The molecule has 2 N–H and O–H groups in total. The molecule has 1 aliphatic rings. The number of ether oxygens (including phenoxy) is 1. The van der Waals surface area contributed by atoms with Crippen LogP contribution in [0.4, 0.5) is 4.39 Å². The van der Waals surface area contributed by atoms with Crippen LogP contribution in [0, 0.1) is 19.7 Å². The Morgan fingerprint density at radius 3 is 1.87 bits per heavy atom. The van der Waals surface area contributed by atoms with Gasteiger partial charge in [-0.05, 0) is 52.0 Å². The number of nitrogens with one attached hydrogen (secondary N) is 1. The molecule has 1 aliphatic heterocycles.